The summed E-state index contributed by atoms with van der Waals surface area (Å²) >= 11 is 9.56. The van der Waals surface area contributed by atoms with E-state index in [4.69, 9.17) is 17.3 Å². The summed E-state index contributed by atoms with van der Waals surface area (Å²) in [5, 5.41) is 0.481. The highest BCUT2D eigenvalue weighted by molar-refractivity contribution is 9.10. The van der Waals surface area contributed by atoms with Crippen molar-refractivity contribution in [3.63, 3.8) is 0 Å². The SMILES string of the molecule is CC1CCC(CN)CN1C(=O)c1cccc(Br)c1Cl. The molecule has 0 spiro atoms. The molecule has 1 aromatic carbocycles. The predicted molar refractivity (Wildman–Crippen MR) is 81.4 cm³/mol. The highest BCUT2D eigenvalue weighted by Gasteiger charge is 2.30. The molecule has 0 bridgehead atoms. The lowest BCUT2D eigenvalue weighted by atomic mass is 9.93. The molecule has 0 radical (unpaired) electrons. The third-order valence-corrected chi connectivity index (χ3v) is 5.05. The van der Waals surface area contributed by atoms with Crippen LogP contribution in [0.3, 0.4) is 0 Å². The Kier molecular flexibility index (Phi) is 4.87. The Bertz CT molecular complexity index is 481. The van der Waals surface area contributed by atoms with E-state index in [0.29, 0.717) is 23.0 Å². The van der Waals surface area contributed by atoms with Crippen molar-refractivity contribution < 1.29 is 4.79 Å². The van der Waals surface area contributed by atoms with Gasteiger partial charge in [-0.1, -0.05) is 17.7 Å². The fraction of sp³-hybridized carbons (Fsp3) is 0.500. The van der Waals surface area contributed by atoms with Gasteiger partial charge in [0.1, 0.15) is 0 Å². The number of likely N-dealkylation sites (tertiary alicyclic amines) is 1. The van der Waals surface area contributed by atoms with Crippen molar-refractivity contribution in [3.8, 4) is 0 Å². The van der Waals surface area contributed by atoms with Crippen LogP contribution in [0.15, 0.2) is 22.7 Å². The summed E-state index contributed by atoms with van der Waals surface area (Å²) in [6, 6.07) is 5.68. The van der Waals surface area contributed by atoms with E-state index in [1.165, 1.54) is 0 Å². The third kappa shape index (κ3) is 3.12. The van der Waals surface area contributed by atoms with Crippen molar-refractivity contribution >= 4 is 33.4 Å². The van der Waals surface area contributed by atoms with E-state index in [0.717, 1.165) is 23.9 Å². The van der Waals surface area contributed by atoms with Crippen LogP contribution in [0.4, 0.5) is 0 Å². The fourth-order valence-corrected chi connectivity index (χ4v) is 3.05. The third-order valence-electron chi connectivity index (χ3n) is 3.76. The summed E-state index contributed by atoms with van der Waals surface area (Å²) in [6.45, 7) is 3.43. The summed E-state index contributed by atoms with van der Waals surface area (Å²) < 4.78 is 0.750. The zero-order valence-electron chi connectivity index (χ0n) is 10.9. The maximum absolute atomic E-state index is 12.6. The number of carbonyl (C=O) groups excluding carboxylic acids is 1. The lowest BCUT2D eigenvalue weighted by Gasteiger charge is -2.38. The number of hydrogen-bond donors (Lipinski definition) is 1. The van der Waals surface area contributed by atoms with Crippen molar-refractivity contribution in [2.45, 2.75) is 25.8 Å². The minimum atomic E-state index is -0.00282. The standard InChI is InChI=1S/C14H18BrClN2O/c1-9-5-6-10(7-17)8-18(9)14(19)11-3-2-4-12(15)13(11)16/h2-4,9-10H,5-8,17H2,1H3. The zero-order chi connectivity index (χ0) is 14.0. The van der Waals surface area contributed by atoms with Gasteiger partial charge in [0, 0.05) is 17.1 Å². The van der Waals surface area contributed by atoms with Crippen LogP contribution in [0.25, 0.3) is 0 Å². The molecule has 1 aliphatic rings. The topological polar surface area (TPSA) is 46.3 Å². The van der Waals surface area contributed by atoms with Gasteiger partial charge in [0.05, 0.1) is 10.6 Å². The Morgan fingerprint density at radius 1 is 1.53 bits per heavy atom. The Morgan fingerprint density at radius 2 is 2.26 bits per heavy atom. The zero-order valence-corrected chi connectivity index (χ0v) is 13.2. The second kappa shape index (κ2) is 6.25. The van der Waals surface area contributed by atoms with Gasteiger partial charge in [0.15, 0.2) is 0 Å². The Labute approximate surface area is 127 Å². The fourth-order valence-electron chi connectivity index (χ4n) is 2.48. The molecule has 0 aliphatic carbocycles. The van der Waals surface area contributed by atoms with E-state index >= 15 is 0 Å². The van der Waals surface area contributed by atoms with Crippen LogP contribution in [-0.2, 0) is 0 Å². The second-order valence-electron chi connectivity index (χ2n) is 5.09. The molecule has 1 fully saturated rings. The smallest absolute Gasteiger partial charge is 0.255 e. The van der Waals surface area contributed by atoms with E-state index in [1.807, 2.05) is 17.0 Å². The lowest BCUT2D eigenvalue weighted by Crippen LogP contribution is -2.47. The first kappa shape index (κ1) is 14.8. The van der Waals surface area contributed by atoms with E-state index < -0.39 is 0 Å². The van der Waals surface area contributed by atoms with Gasteiger partial charge in [0.25, 0.3) is 5.91 Å². The van der Waals surface area contributed by atoms with Crippen LogP contribution in [0.5, 0.6) is 0 Å². The van der Waals surface area contributed by atoms with Crippen LogP contribution in [0.2, 0.25) is 5.02 Å². The normalized spacial score (nSPS) is 23.5. The van der Waals surface area contributed by atoms with Crippen molar-refractivity contribution in [1.29, 1.82) is 0 Å². The minimum absolute atomic E-state index is 0.00282. The summed E-state index contributed by atoms with van der Waals surface area (Å²) in [6.07, 6.45) is 2.09. The quantitative estimate of drug-likeness (QED) is 0.894. The van der Waals surface area contributed by atoms with Crippen LogP contribution in [-0.4, -0.2) is 29.9 Å². The maximum Gasteiger partial charge on any atom is 0.255 e. The Balaban J connectivity index is 2.24. The molecule has 19 heavy (non-hydrogen) atoms. The average molecular weight is 346 g/mol. The molecule has 2 rings (SSSR count). The summed E-state index contributed by atoms with van der Waals surface area (Å²) in [4.78, 5) is 14.5. The van der Waals surface area contributed by atoms with Crippen LogP contribution < -0.4 is 5.73 Å². The molecule has 5 heteroatoms. The van der Waals surface area contributed by atoms with E-state index in [2.05, 4.69) is 22.9 Å². The molecule has 3 nitrogen and oxygen atoms in total. The van der Waals surface area contributed by atoms with Crippen LogP contribution in [0.1, 0.15) is 30.1 Å². The number of benzene rings is 1. The summed E-state index contributed by atoms with van der Waals surface area (Å²) in [5.74, 6) is 0.392. The number of nitrogens with two attached hydrogens (primary N) is 1. The largest absolute Gasteiger partial charge is 0.336 e. The molecule has 1 aromatic rings. The highest BCUT2D eigenvalue weighted by atomic mass is 79.9. The first-order chi connectivity index (χ1) is 9.04. The number of halogens is 2. The van der Waals surface area contributed by atoms with Crippen molar-refractivity contribution in [2.24, 2.45) is 11.7 Å². The lowest BCUT2D eigenvalue weighted by molar-refractivity contribution is 0.0567. The number of rotatable bonds is 2. The van der Waals surface area contributed by atoms with Gasteiger partial charge in [-0.15, -0.1) is 0 Å². The van der Waals surface area contributed by atoms with Crippen molar-refractivity contribution in [2.75, 3.05) is 13.1 Å². The van der Waals surface area contributed by atoms with Crippen molar-refractivity contribution in [3.05, 3.63) is 33.3 Å². The number of carbonyl (C=O) groups is 1. The maximum atomic E-state index is 12.6. The highest BCUT2D eigenvalue weighted by Crippen LogP contribution is 2.29. The second-order valence-corrected chi connectivity index (χ2v) is 6.32. The molecule has 0 aromatic heterocycles. The van der Waals surface area contributed by atoms with Gasteiger partial charge < -0.3 is 10.6 Å². The van der Waals surface area contributed by atoms with Gasteiger partial charge in [-0.3, -0.25) is 4.79 Å². The van der Waals surface area contributed by atoms with Crippen LogP contribution >= 0.6 is 27.5 Å². The number of amides is 1. The molecule has 104 valence electrons. The van der Waals surface area contributed by atoms with Gasteiger partial charge in [-0.25, -0.2) is 0 Å². The van der Waals surface area contributed by atoms with E-state index in [1.54, 1.807) is 6.07 Å². The average Bonchev–Trinajstić information content (AvgIpc) is 2.42. The molecular weight excluding hydrogens is 328 g/mol. The Morgan fingerprint density at radius 3 is 2.95 bits per heavy atom. The molecule has 1 heterocycles. The molecule has 1 amide bonds. The van der Waals surface area contributed by atoms with Gasteiger partial charge in [-0.2, -0.15) is 0 Å². The molecule has 2 unspecified atom stereocenters. The first-order valence-corrected chi connectivity index (χ1v) is 7.66. The van der Waals surface area contributed by atoms with Crippen LogP contribution in [0, 0.1) is 5.92 Å². The van der Waals surface area contributed by atoms with E-state index in [-0.39, 0.29) is 11.9 Å². The molecule has 1 saturated heterocycles. The molecule has 2 atom stereocenters. The first-order valence-electron chi connectivity index (χ1n) is 6.49. The summed E-state index contributed by atoms with van der Waals surface area (Å²) in [7, 11) is 0. The number of nitrogens with zero attached hydrogens (tertiary/aromatic N) is 1. The Hall–Kier alpha value is -0.580. The van der Waals surface area contributed by atoms with Gasteiger partial charge >= 0.3 is 0 Å². The monoisotopic (exact) mass is 344 g/mol. The predicted octanol–water partition coefficient (Wildman–Crippen LogP) is 3.30. The number of piperidine rings is 1. The minimum Gasteiger partial charge on any atom is -0.336 e. The molecular formula is C14H18BrClN2O. The molecule has 0 saturated carbocycles. The number of hydrogen-bond acceptors (Lipinski definition) is 2. The van der Waals surface area contributed by atoms with Gasteiger partial charge in [0.2, 0.25) is 0 Å². The van der Waals surface area contributed by atoms with E-state index in [9.17, 15) is 4.79 Å². The molecule has 2 N–H and O–H groups in total. The van der Waals surface area contributed by atoms with Gasteiger partial charge in [-0.05, 0) is 60.3 Å². The van der Waals surface area contributed by atoms with Crippen molar-refractivity contribution in [1.82, 2.24) is 4.90 Å². The molecule has 1 aliphatic heterocycles. The summed E-state index contributed by atoms with van der Waals surface area (Å²) in [5.41, 5.74) is 6.29.